The lowest BCUT2D eigenvalue weighted by atomic mass is 9.93. The van der Waals surface area contributed by atoms with Crippen molar-refractivity contribution in [3.8, 4) is 51.3 Å². The van der Waals surface area contributed by atoms with Crippen LogP contribution in [0.2, 0.25) is 0 Å². The summed E-state index contributed by atoms with van der Waals surface area (Å²) in [6, 6.07) is 112. The fraction of sp³-hybridized carbons (Fsp3) is 0. The number of hydrogen-bond donors (Lipinski definition) is 0. The number of para-hydroxylation sites is 11. The molecule has 14 aromatic carbocycles. The number of nitriles is 1. The van der Waals surface area contributed by atoms with Crippen LogP contribution < -0.4 is 0 Å². The highest BCUT2D eigenvalue weighted by Gasteiger charge is 2.37. The minimum atomic E-state index is 0.358. The molecule has 0 saturated carbocycles. The van der Waals surface area contributed by atoms with E-state index in [9.17, 15) is 5.26 Å². The average molecular weight is 1200 g/mol. The van der Waals surface area contributed by atoms with Gasteiger partial charge in [0.15, 0.2) is 5.69 Å². The Balaban J connectivity index is 1.18. The molecule has 8 nitrogen and oxygen atoms in total. The van der Waals surface area contributed by atoms with Gasteiger partial charge in [0, 0.05) is 81.4 Å². The minimum absolute atomic E-state index is 0.358. The van der Waals surface area contributed by atoms with Crippen LogP contribution in [-0.2, 0) is 0 Å². The van der Waals surface area contributed by atoms with Crippen molar-refractivity contribution >= 4 is 137 Å². The van der Waals surface area contributed by atoms with Gasteiger partial charge in [-0.3, -0.25) is 0 Å². The highest BCUT2D eigenvalue weighted by atomic mass is 15.2. The number of nitrogens with zero attached hydrogens (tertiary/aromatic N) is 8. The highest BCUT2D eigenvalue weighted by molar-refractivity contribution is 6.27. The molecule has 0 unspecified atom stereocenters. The van der Waals surface area contributed by atoms with E-state index in [1.54, 1.807) is 6.07 Å². The first-order valence-electron chi connectivity index (χ1n) is 31.8. The fourth-order valence-electron chi connectivity index (χ4n) is 16.2. The highest BCUT2D eigenvalue weighted by Crippen LogP contribution is 2.55. The third kappa shape index (κ3) is 6.97. The van der Waals surface area contributed by atoms with Crippen molar-refractivity contribution in [3.05, 3.63) is 320 Å². The topological polar surface area (TPSA) is 57.7 Å². The Kier molecular flexibility index (Phi) is 10.8. The van der Waals surface area contributed by atoms with Crippen molar-refractivity contribution in [2.75, 3.05) is 0 Å². The third-order valence-corrected chi connectivity index (χ3v) is 19.8. The van der Waals surface area contributed by atoms with Crippen molar-refractivity contribution < 1.29 is 0 Å². The Morgan fingerprint density at radius 1 is 0.266 bits per heavy atom. The van der Waals surface area contributed by atoms with E-state index < -0.39 is 0 Å². The lowest BCUT2D eigenvalue weighted by Crippen LogP contribution is -2.18. The van der Waals surface area contributed by atoms with Crippen LogP contribution in [0.4, 0.5) is 5.69 Å². The van der Waals surface area contributed by atoms with E-state index in [0.29, 0.717) is 16.8 Å². The van der Waals surface area contributed by atoms with Gasteiger partial charge >= 0.3 is 0 Å². The van der Waals surface area contributed by atoms with E-state index >= 15 is 0 Å². The van der Waals surface area contributed by atoms with Gasteiger partial charge in [-0.1, -0.05) is 206 Å². The van der Waals surface area contributed by atoms with E-state index in [1.807, 2.05) is 12.1 Å². The molecule has 0 N–H and O–H groups in total. The first kappa shape index (κ1) is 51.7. The maximum absolute atomic E-state index is 11.4. The Morgan fingerprint density at radius 2 is 0.564 bits per heavy atom. The van der Waals surface area contributed by atoms with Crippen LogP contribution in [0.1, 0.15) is 5.56 Å². The molecule has 0 aliphatic carbocycles. The predicted octanol–water partition coefficient (Wildman–Crippen LogP) is 22.4. The van der Waals surface area contributed by atoms with Gasteiger partial charge < -0.3 is 27.4 Å². The summed E-state index contributed by atoms with van der Waals surface area (Å²) in [4.78, 5) is 4.22. The smallest absolute Gasteiger partial charge is 0.189 e. The molecule has 0 atom stereocenters. The van der Waals surface area contributed by atoms with Gasteiger partial charge in [-0.2, -0.15) is 5.26 Å². The molecule has 6 heterocycles. The second kappa shape index (κ2) is 19.7. The first-order valence-corrected chi connectivity index (χ1v) is 31.8. The molecule has 20 aromatic rings. The van der Waals surface area contributed by atoms with Gasteiger partial charge in [0.1, 0.15) is 0 Å². The molecule has 0 spiro atoms. The molecular formula is C86H50N8. The maximum atomic E-state index is 11.4. The van der Waals surface area contributed by atoms with Crippen LogP contribution in [-0.4, -0.2) is 27.4 Å². The van der Waals surface area contributed by atoms with E-state index in [4.69, 9.17) is 6.57 Å². The molecule has 0 aliphatic heterocycles. The van der Waals surface area contributed by atoms with Crippen molar-refractivity contribution in [2.45, 2.75) is 0 Å². The first-order chi connectivity index (χ1) is 46.6. The zero-order valence-electron chi connectivity index (χ0n) is 50.4. The van der Waals surface area contributed by atoms with Crippen molar-refractivity contribution in [3.63, 3.8) is 0 Å². The second-order valence-corrected chi connectivity index (χ2v) is 24.5. The largest absolute Gasteiger partial charge is 0.309 e. The Bertz CT molecular complexity index is 6260. The maximum Gasteiger partial charge on any atom is 0.189 e. The van der Waals surface area contributed by atoms with E-state index in [-0.39, 0.29) is 0 Å². The van der Waals surface area contributed by atoms with Crippen LogP contribution in [0.25, 0.3) is 181 Å². The fourth-order valence-corrected chi connectivity index (χ4v) is 16.2. The van der Waals surface area contributed by atoms with Crippen LogP contribution in [0.15, 0.2) is 303 Å². The van der Waals surface area contributed by atoms with Gasteiger partial charge in [0.25, 0.3) is 0 Å². The van der Waals surface area contributed by atoms with Crippen LogP contribution in [0, 0.1) is 17.9 Å². The van der Waals surface area contributed by atoms with E-state index in [1.165, 1.54) is 5.39 Å². The summed E-state index contributed by atoms with van der Waals surface area (Å²) < 4.78 is 15.2. The Hall–Kier alpha value is -13.1. The van der Waals surface area contributed by atoms with Gasteiger partial charge in [-0.15, -0.1) is 0 Å². The third-order valence-electron chi connectivity index (χ3n) is 19.8. The summed E-state index contributed by atoms with van der Waals surface area (Å²) in [5.74, 6) is 0. The SMILES string of the molecule is [C-]#[N+]c1cc(C#N)cc(-c2c(-n3c4ccccc4c4ccccc43)c(-n3c4ccccc4c4ccccc43)c(-n3c4ccccc4c4c3ccc3c5ccccc5n(-c5ccccc5)c34)c(-n3c4ccccc4c4ccccc43)c2-n2c3ccccc3c3ccccc32)c1. The molecule has 0 amide bonds. The standard InChI is InChI=1S/C86H50N8/c1-88-55-50-53(52-87)49-54(51-55)79-82(90-69-38-16-5-27-57(69)58-28-6-17-39-70(58)90)84(92-73-42-20-9-31-61(73)62-32-10-21-43-74(62)92)86(94-77-46-24-14-36-67(77)80-78(94)48-47-66-65-35-13-15-37-68(65)89(81(66)80)56-25-3-2-4-26-56)85(93-75-44-22-11-33-63(75)64-34-12-23-45-76(64)93)83(79)91-71-40-18-7-29-59(71)60-30-8-19-41-72(60)91/h2-51H. The molecule has 6 aromatic heterocycles. The summed E-state index contributed by atoms with van der Waals surface area (Å²) in [5.41, 5.74) is 20.0. The molecule has 0 aliphatic rings. The summed E-state index contributed by atoms with van der Waals surface area (Å²) in [6.45, 7) is 8.90. The molecule has 94 heavy (non-hydrogen) atoms. The molecule has 0 fully saturated rings. The second-order valence-electron chi connectivity index (χ2n) is 24.5. The molecule has 434 valence electrons. The zero-order chi connectivity index (χ0) is 61.9. The zero-order valence-corrected chi connectivity index (χ0v) is 50.4. The summed E-state index contributed by atoms with van der Waals surface area (Å²) in [7, 11) is 0. The molecule has 0 saturated heterocycles. The number of benzene rings is 14. The summed E-state index contributed by atoms with van der Waals surface area (Å²) >= 11 is 0. The molecule has 0 radical (unpaired) electrons. The normalized spacial score (nSPS) is 12.0. The Morgan fingerprint density at radius 3 is 0.936 bits per heavy atom. The van der Waals surface area contributed by atoms with E-state index in [0.717, 1.165) is 165 Å². The average Bonchev–Trinajstić information content (AvgIpc) is 1.44. The monoisotopic (exact) mass is 1190 g/mol. The molecule has 0 bridgehead atoms. The van der Waals surface area contributed by atoms with Crippen LogP contribution in [0.3, 0.4) is 0 Å². The van der Waals surface area contributed by atoms with Gasteiger partial charge in [0.2, 0.25) is 0 Å². The number of hydrogen-bond acceptors (Lipinski definition) is 1. The summed E-state index contributed by atoms with van der Waals surface area (Å²) in [5, 5.41) is 24.7. The number of fused-ring (bicyclic) bond motifs is 19. The number of aromatic nitrogens is 6. The molecule has 8 heteroatoms. The van der Waals surface area contributed by atoms with Gasteiger partial charge in [0.05, 0.1) is 107 Å². The lowest BCUT2D eigenvalue weighted by Gasteiger charge is -2.32. The van der Waals surface area contributed by atoms with Crippen molar-refractivity contribution in [1.82, 2.24) is 27.4 Å². The van der Waals surface area contributed by atoms with Crippen molar-refractivity contribution in [2.24, 2.45) is 0 Å². The van der Waals surface area contributed by atoms with E-state index in [2.05, 4.69) is 323 Å². The summed E-state index contributed by atoms with van der Waals surface area (Å²) in [6.07, 6.45) is 0. The van der Waals surface area contributed by atoms with Gasteiger partial charge in [-0.05, 0) is 103 Å². The van der Waals surface area contributed by atoms with Crippen LogP contribution in [0.5, 0.6) is 0 Å². The molecule has 20 rings (SSSR count). The lowest BCUT2D eigenvalue weighted by molar-refractivity contribution is 1.00. The number of rotatable bonds is 7. The Labute approximate surface area is 537 Å². The van der Waals surface area contributed by atoms with Crippen molar-refractivity contribution in [1.29, 1.82) is 5.26 Å². The minimum Gasteiger partial charge on any atom is -0.309 e. The predicted molar refractivity (Wildman–Crippen MR) is 389 cm³/mol. The quantitative estimate of drug-likeness (QED) is 0.147. The van der Waals surface area contributed by atoms with Crippen LogP contribution >= 0.6 is 0 Å². The molecular weight excluding hydrogens is 1150 g/mol. The van der Waals surface area contributed by atoms with Gasteiger partial charge in [-0.25, -0.2) is 4.85 Å².